The first-order chi connectivity index (χ1) is 14.3. The van der Waals surface area contributed by atoms with Gasteiger partial charge in [0.05, 0.1) is 17.1 Å². The minimum Gasteiger partial charge on any atom is -0.493 e. The number of amides is 1. The Balaban J connectivity index is 1.72. The molecule has 0 radical (unpaired) electrons. The van der Waals surface area contributed by atoms with E-state index in [4.69, 9.17) is 16.3 Å². The summed E-state index contributed by atoms with van der Waals surface area (Å²) in [4.78, 5) is 13.1. The van der Waals surface area contributed by atoms with Crippen molar-refractivity contribution in [2.24, 2.45) is 0 Å². The monoisotopic (exact) mass is 450 g/mol. The molecule has 0 saturated carbocycles. The summed E-state index contributed by atoms with van der Waals surface area (Å²) in [5.74, 6) is 0.253. The fourth-order valence-electron chi connectivity index (χ4n) is 3.46. The zero-order valence-corrected chi connectivity index (χ0v) is 18.8. The number of nitrogens with one attached hydrogen (secondary N) is 2. The molecule has 2 aromatic carbocycles. The molecule has 1 aliphatic carbocycles. The van der Waals surface area contributed by atoms with Gasteiger partial charge in [-0.15, -0.1) is 0 Å². The molecule has 8 heteroatoms. The highest BCUT2D eigenvalue weighted by Crippen LogP contribution is 2.27. The molecule has 1 aliphatic rings. The zero-order chi connectivity index (χ0) is 21.7. The van der Waals surface area contributed by atoms with Gasteiger partial charge in [-0.1, -0.05) is 31.5 Å². The van der Waals surface area contributed by atoms with Crippen molar-refractivity contribution in [1.29, 1.82) is 0 Å². The van der Waals surface area contributed by atoms with Gasteiger partial charge in [0, 0.05) is 17.6 Å². The van der Waals surface area contributed by atoms with Crippen molar-refractivity contribution in [3.05, 3.63) is 58.1 Å². The molecule has 1 atom stereocenters. The van der Waals surface area contributed by atoms with Crippen LogP contribution in [0.1, 0.15) is 48.2 Å². The molecule has 0 bridgehead atoms. The molecule has 3 rings (SSSR count). The van der Waals surface area contributed by atoms with Gasteiger partial charge in [-0.05, 0) is 67.1 Å². The Kier molecular flexibility index (Phi) is 7.39. The molecule has 0 aliphatic heterocycles. The number of rotatable bonds is 9. The van der Waals surface area contributed by atoms with Gasteiger partial charge in [0.1, 0.15) is 5.75 Å². The summed E-state index contributed by atoms with van der Waals surface area (Å²) in [5.41, 5.74) is 2.38. The maximum atomic E-state index is 12.9. The van der Waals surface area contributed by atoms with Crippen LogP contribution in [-0.4, -0.2) is 33.5 Å². The Morgan fingerprint density at radius 3 is 2.60 bits per heavy atom. The molecule has 0 heterocycles. The summed E-state index contributed by atoms with van der Waals surface area (Å²) in [6, 6.07) is 10.0. The van der Waals surface area contributed by atoms with Gasteiger partial charge in [0.2, 0.25) is 10.0 Å². The van der Waals surface area contributed by atoms with Crippen LogP contribution in [0, 0.1) is 0 Å². The van der Waals surface area contributed by atoms with Crippen molar-refractivity contribution in [3.8, 4) is 5.75 Å². The lowest BCUT2D eigenvalue weighted by Gasteiger charge is -2.15. The molecule has 2 aromatic rings. The third-order valence-electron chi connectivity index (χ3n) is 4.95. The lowest BCUT2D eigenvalue weighted by Crippen LogP contribution is -2.35. The fourth-order valence-corrected chi connectivity index (χ4v) is 4.82. The summed E-state index contributed by atoms with van der Waals surface area (Å²) in [5, 5.41) is 3.50. The predicted molar refractivity (Wildman–Crippen MR) is 118 cm³/mol. The molecule has 0 saturated heterocycles. The number of carbonyl (C=O) groups excluding carboxylic acids is 1. The number of hydrogen-bond acceptors (Lipinski definition) is 4. The number of ether oxygens (including phenoxy) is 1. The summed E-state index contributed by atoms with van der Waals surface area (Å²) in [6.07, 6.45) is 2.78. The van der Waals surface area contributed by atoms with E-state index in [1.165, 1.54) is 0 Å². The predicted octanol–water partition coefficient (Wildman–Crippen LogP) is 3.71. The van der Waals surface area contributed by atoms with Crippen LogP contribution in [0.4, 0.5) is 0 Å². The van der Waals surface area contributed by atoms with E-state index in [-0.39, 0.29) is 16.8 Å². The summed E-state index contributed by atoms with van der Waals surface area (Å²) >= 11 is 6.08. The van der Waals surface area contributed by atoms with E-state index in [2.05, 4.69) is 10.0 Å². The van der Waals surface area contributed by atoms with Crippen LogP contribution in [0.2, 0.25) is 5.02 Å². The number of halogens is 1. The average molecular weight is 451 g/mol. The third-order valence-corrected chi connectivity index (χ3v) is 6.64. The van der Waals surface area contributed by atoms with E-state index >= 15 is 0 Å². The molecule has 1 unspecified atom stereocenters. The highest BCUT2D eigenvalue weighted by molar-refractivity contribution is 7.89. The Morgan fingerprint density at radius 2 is 1.87 bits per heavy atom. The second-order valence-corrected chi connectivity index (χ2v) is 9.60. The van der Waals surface area contributed by atoms with Crippen molar-refractivity contribution < 1.29 is 17.9 Å². The minimum absolute atomic E-state index is 0.118. The van der Waals surface area contributed by atoms with E-state index in [0.717, 1.165) is 24.0 Å². The number of fused-ring (bicyclic) bond motifs is 1. The maximum absolute atomic E-state index is 12.9. The van der Waals surface area contributed by atoms with Crippen molar-refractivity contribution in [1.82, 2.24) is 10.0 Å². The normalized spacial score (nSPS) is 15.6. The molecule has 0 spiro atoms. The zero-order valence-electron chi connectivity index (χ0n) is 17.2. The van der Waals surface area contributed by atoms with Crippen LogP contribution >= 0.6 is 11.6 Å². The van der Waals surface area contributed by atoms with Gasteiger partial charge < -0.3 is 10.1 Å². The highest BCUT2D eigenvalue weighted by Gasteiger charge is 2.26. The molecule has 1 amide bonds. The standard InChI is InChI=1S/C22H27ClN2O4S/c1-3-9-24-30(27,28)19-7-5-15-11-18(12-16(15)13-19)25-22(26)20-14-17(23)6-8-21(20)29-10-4-2/h5-8,13-14,18,24H,3-4,9-12H2,1-2H3,(H,25,26). The molecule has 2 N–H and O–H groups in total. The van der Waals surface area contributed by atoms with Crippen LogP contribution in [0.3, 0.4) is 0 Å². The second kappa shape index (κ2) is 9.81. The van der Waals surface area contributed by atoms with Crippen molar-refractivity contribution in [2.45, 2.75) is 50.5 Å². The quantitative estimate of drug-likeness (QED) is 0.609. The number of hydrogen-bond donors (Lipinski definition) is 2. The first-order valence-corrected chi connectivity index (χ1v) is 12.0. The van der Waals surface area contributed by atoms with E-state index in [9.17, 15) is 13.2 Å². The van der Waals surface area contributed by atoms with Gasteiger partial charge in [-0.25, -0.2) is 13.1 Å². The molecular formula is C22H27ClN2O4S. The molecule has 0 aromatic heterocycles. The number of carbonyl (C=O) groups is 1. The van der Waals surface area contributed by atoms with E-state index in [0.29, 0.717) is 42.3 Å². The van der Waals surface area contributed by atoms with Gasteiger partial charge >= 0.3 is 0 Å². The summed E-state index contributed by atoms with van der Waals surface area (Å²) in [6.45, 7) is 4.83. The van der Waals surface area contributed by atoms with Crippen molar-refractivity contribution in [3.63, 3.8) is 0 Å². The van der Waals surface area contributed by atoms with E-state index in [1.807, 2.05) is 19.9 Å². The lowest BCUT2D eigenvalue weighted by atomic mass is 10.1. The molecule has 162 valence electrons. The smallest absolute Gasteiger partial charge is 0.255 e. The highest BCUT2D eigenvalue weighted by atomic mass is 35.5. The van der Waals surface area contributed by atoms with Crippen LogP contribution in [-0.2, 0) is 22.9 Å². The number of sulfonamides is 1. The van der Waals surface area contributed by atoms with Gasteiger partial charge in [0.25, 0.3) is 5.91 Å². The van der Waals surface area contributed by atoms with Gasteiger partial charge in [-0.3, -0.25) is 4.79 Å². The van der Waals surface area contributed by atoms with Crippen LogP contribution in [0.25, 0.3) is 0 Å². The average Bonchev–Trinajstić information content (AvgIpc) is 3.12. The Morgan fingerprint density at radius 1 is 1.10 bits per heavy atom. The second-order valence-electron chi connectivity index (χ2n) is 7.40. The summed E-state index contributed by atoms with van der Waals surface area (Å²) < 4.78 is 33.0. The first kappa shape index (κ1) is 22.6. The largest absolute Gasteiger partial charge is 0.493 e. The molecule has 30 heavy (non-hydrogen) atoms. The molecule has 0 fully saturated rings. The molecular weight excluding hydrogens is 424 g/mol. The van der Waals surface area contributed by atoms with Crippen LogP contribution < -0.4 is 14.8 Å². The SMILES string of the molecule is CCCNS(=O)(=O)c1ccc2c(c1)CC(NC(=O)c1cc(Cl)ccc1OCCC)C2. The first-order valence-electron chi connectivity index (χ1n) is 10.2. The van der Waals surface area contributed by atoms with Gasteiger partial charge in [0.15, 0.2) is 0 Å². The van der Waals surface area contributed by atoms with E-state index in [1.54, 1.807) is 30.3 Å². The van der Waals surface area contributed by atoms with Crippen LogP contribution in [0.5, 0.6) is 5.75 Å². The Labute approximate surface area is 183 Å². The number of benzene rings is 2. The Bertz CT molecular complexity index is 1020. The fraction of sp³-hybridized carbons (Fsp3) is 0.409. The van der Waals surface area contributed by atoms with E-state index < -0.39 is 10.0 Å². The van der Waals surface area contributed by atoms with Crippen LogP contribution in [0.15, 0.2) is 41.3 Å². The van der Waals surface area contributed by atoms with Crippen molar-refractivity contribution >= 4 is 27.5 Å². The Hall–Kier alpha value is -2.09. The maximum Gasteiger partial charge on any atom is 0.255 e. The lowest BCUT2D eigenvalue weighted by molar-refractivity contribution is 0.0934. The third kappa shape index (κ3) is 5.33. The van der Waals surface area contributed by atoms with Gasteiger partial charge in [-0.2, -0.15) is 0 Å². The minimum atomic E-state index is -3.52. The van der Waals surface area contributed by atoms with Crippen molar-refractivity contribution in [2.75, 3.05) is 13.2 Å². The topological polar surface area (TPSA) is 84.5 Å². The summed E-state index contributed by atoms with van der Waals surface area (Å²) in [7, 11) is -3.52. The molecule has 6 nitrogen and oxygen atoms in total.